The molecule has 2 aromatic heterocycles. The molecule has 1 N–H and O–H groups in total. The highest BCUT2D eigenvalue weighted by Gasteiger charge is 2.43. The van der Waals surface area contributed by atoms with E-state index in [1.165, 1.54) is 11.8 Å². The van der Waals surface area contributed by atoms with Crippen LogP contribution in [0.4, 0.5) is 11.4 Å². The fourth-order valence-corrected chi connectivity index (χ4v) is 6.02. The maximum atomic E-state index is 13.8. The van der Waals surface area contributed by atoms with Crippen LogP contribution >= 0.6 is 23.1 Å². The van der Waals surface area contributed by atoms with E-state index >= 15 is 0 Å². The molecule has 5 rings (SSSR count). The predicted octanol–water partition coefficient (Wildman–Crippen LogP) is 5.47. The molecule has 0 fully saturated rings. The molecule has 1 aromatic carbocycles. The fraction of sp³-hybridized carbons (Fsp3) is 0.280. The van der Waals surface area contributed by atoms with Gasteiger partial charge in [-0.25, -0.2) is 9.97 Å². The lowest BCUT2D eigenvalue weighted by atomic mass is 9.74. The second-order valence-electron chi connectivity index (χ2n) is 8.98. The Kier molecular flexibility index (Phi) is 5.80. The van der Waals surface area contributed by atoms with Crippen molar-refractivity contribution in [2.75, 3.05) is 16.0 Å². The number of Topliss-reactive ketones (excluding diaryl/α,β-unsaturated/α-hetero) is 1. The Hall–Kier alpha value is -2.97. The van der Waals surface area contributed by atoms with Crippen molar-refractivity contribution >= 4 is 46.2 Å². The first kappa shape index (κ1) is 21.9. The number of allylic oxidation sites excluding steroid dienone is 1. The summed E-state index contributed by atoms with van der Waals surface area (Å²) in [7, 11) is 0. The van der Waals surface area contributed by atoms with Crippen molar-refractivity contribution in [1.29, 1.82) is 0 Å². The van der Waals surface area contributed by atoms with Gasteiger partial charge in [-0.3, -0.25) is 14.5 Å². The molecule has 1 aliphatic heterocycles. The van der Waals surface area contributed by atoms with Crippen LogP contribution in [0.3, 0.4) is 0 Å². The molecule has 6 nitrogen and oxygen atoms in total. The van der Waals surface area contributed by atoms with E-state index in [-0.39, 0.29) is 22.9 Å². The molecule has 0 saturated carbocycles. The van der Waals surface area contributed by atoms with Crippen molar-refractivity contribution in [2.45, 2.75) is 37.9 Å². The third kappa shape index (κ3) is 4.32. The Morgan fingerprint density at radius 1 is 1.15 bits per heavy atom. The first-order valence-electron chi connectivity index (χ1n) is 10.8. The van der Waals surface area contributed by atoms with Crippen LogP contribution in [-0.2, 0) is 9.59 Å². The van der Waals surface area contributed by atoms with E-state index in [2.05, 4.69) is 29.1 Å². The van der Waals surface area contributed by atoms with Crippen molar-refractivity contribution in [2.24, 2.45) is 5.41 Å². The van der Waals surface area contributed by atoms with Gasteiger partial charge in [0.15, 0.2) is 10.9 Å². The number of thiophene rings is 1. The molecule has 1 aliphatic carbocycles. The molecule has 2 aliphatic rings. The number of carbonyl (C=O) groups is 2. The summed E-state index contributed by atoms with van der Waals surface area (Å²) in [5.41, 5.74) is 3.08. The molecule has 0 spiro atoms. The van der Waals surface area contributed by atoms with Crippen LogP contribution in [-0.4, -0.2) is 27.4 Å². The number of anilines is 2. The Balaban J connectivity index is 1.63. The van der Waals surface area contributed by atoms with E-state index in [4.69, 9.17) is 0 Å². The van der Waals surface area contributed by atoms with Crippen molar-refractivity contribution in [3.05, 3.63) is 76.4 Å². The zero-order valence-corrected chi connectivity index (χ0v) is 20.1. The molecular formula is C25H24N4O2S2. The number of hydrogen-bond donors (Lipinski definition) is 1. The molecule has 0 bridgehead atoms. The SMILES string of the molecule is CC1(C)CC(=O)C2=C(C1)Nc1ccccc1N(C(=O)CSc1ncccn1)[C@@H]2c1cccs1. The van der Waals surface area contributed by atoms with E-state index < -0.39 is 6.04 Å². The Morgan fingerprint density at radius 3 is 2.70 bits per heavy atom. The molecule has 3 aromatic rings. The minimum absolute atomic E-state index is 0.0912. The topological polar surface area (TPSA) is 75.2 Å². The number of hydrogen-bond acceptors (Lipinski definition) is 7. The van der Waals surface area contributed by atoms with Crippen molar-refractivity contribution < 1.29 is 9.59 Å². The van der Waals surface area contributed by atoms with Crippen LogP contribution in [0.1, 0.15) is 37.6 Å². The highest BCUT2D eigenvalue weighted by molar-refractivity contribution is 7.99. The lowest BCUT2D eigenvalue weighted by Crippen LogP contribution is -2.40. The second kappa shape index (κ2) is 8.76. The summed E-state index contributed by atoms with van der Waals surface area (Å²) in [6.07, 6.45) is 4.54. The fourth-order valence-electron chi connectivity index (χ4n) is 4.53. The minimum Gasteiger partial charge on any atom is -0.357 e. The van der Waals surface area contributed by atoms with Gasteiger partial charge >= 0.3 is 0 Å². The number of fused-ring (bicyclic) bond motifs is 1. The predicted molar refractivity (Wildman–Crippen MR) is 132 cm³/mol. The normalized spacial score (nSPS) is 19.4. The zero-order valence-electron chi connectivity index (χ0n) is 18.4. The van der Waals surface area contributed by atoms with E-state index in [1.807, 2.05) is 41.8 Å². The van der Waals surface area contributed by atoms with E-state index in [0.717, 1.165) is 28.4 Å². The molecule has 8 heteroatoms. The summed E-state index contributed by atoms with van der Waals surface area (Å²) < 4.78 is 0. The largest absolute Gasteiger partial charge is 0.357 e. The van der Waals surface area contributed by atoms with Crippen molar-refractivity contribution in [1.82, 2.24) is 9.97 Å². The van der Waals surface area contributed by atoms with E-state index in [9.17, 15) is 9.59 Å². The number of ketones is 1. The average molecular weight is 477 g/mol. The van der Waals surface area contributed by atoms with Crippen molar-refractivity contribution in [3.63, 3.8) is 0 Å². The summed E-state index contributed by atoms with van der Waals surface area (Å²) in [5.74, 6) is 0.172. The third-order valence-corrected chi connectivity index (χ3v) is 7.63. The standard InChI is InChI=1S/C25H24N4O2S2/c1-25(2)13-17-22(19(30)14-25)23(20-9-5-12-32-20)29(18-8-4-3-7-16(18)28-17)21(31)15-33-24-26-10-6-11-27-24/h3-12,23,28H,13-15H2,1-2H3/t23-/m1/s1. The van der Waals surface area contributed by atoms with Crippen molar-refractivity contribution in [3.8, 4) is 0 Å². The maximum Gasteiger partial charge on any atom is 0.238 e. The summed E-state index contributed by atoms with van der Waals surface area (Å²) >= 11 is 2.87. The summed E-state index contributed by atoms with van der Waals surface area (Å²) in [4.78, 5) is 38.6. The summed E-state index contributed by atoms with van der Waals surface area (Å²) in [6, 6.07) is 13.0. The molecule has 3 heterocycles. The molecular weight excluding hydrogens is 452 g/mol. The number of aromatic nitrogens is 2. The first-order valence-corrected chi connectivity index (χ1v) is 12.7. The van der Waals surface area contributed by atoms with E-state index in [1.54, 1.807) is 34.7 Å². The summed E-state index contributed by atoms with van der Waals surface area (Å²) in [6.45, 7) is 4.24. The minimum atomic E-state index is -0.468. The van der Waals surface area contributed by atoms with Gasteiger partial charge in [0, 0.05) is 35.0 Å². The number of rotatable bonds is 4. The van der Waals surface area contributed by atoms with Gasteiger partial charge in [-0.1, -0.05) is 43.8 Å². The number of amides is 1. The number of para-hydroxylation sites is 2. The number of carbonyl (C=O) groups excluding carboxylic acids is 2. The Labute approximate surface area is 201 Å². The second-order valence-corrected chi connectivity index (χ2v) is 10.9. The van der Waals surface area contributed by atoms with Crippen LogP contribution in [0.2, 0.25) is 0 Å². The van der Waals surface area contributed by atoms with Crippen LogP contribution in [0, 0.1) is 5.41 Å². The Morgan fingerprint density at radius 2 is 1.94 bits per heavy atom. The van der Waals surface area contributed by atoms with Gasteiger partial charge in [0.05, 0.1) is 17.1 Å². The number of thioether (sulfide) groups is 1. The zero-order chi connectivity index (χ0) is 23.0. The lowest BCUT2D eigenvalue weighted by molar-refractivity contribution is -0.118. The van der Waals surface area contributed by atoms with Gasteiger partial charge in [0.25, 0.3) is 0 Å². The Bertz CT molecular complexity index is 1220. The smallest absolute Gasteiger partial charge is 0.238 e. The third-order valence-electron chi connectivity index (χ3n) is 5.85. The number of nitrogens with zero attached hydrogens (tertiary/aromatic N) is 3. The van der Waals surface area contributed by atoms with Gasteiger partial charge in [-0.05, 0) is 41.5 Å². The molecule has 0 unspecified atom stereocenters. The average Bonchev–Trinajstić information content (AvgIpc) is 3.27. The van der Waals surface area contributed by atoms with Crippen LogP contribution in [0.5, 0.6) is 0 Å². The van der Waals surface area contributed by atoms with Gasteiger partial charge in [0.2, 0.25) is 5.91 Å². The molecule has 1 atom stereocenters. The number of benzene rings is 1. The monoisotopic (exact) mass is 476 g/mol. The molecule has 33 heavy (non-hydrogen) atoms. The van der Waals surface area contributed by atoms with Gasteiger partial charge in [0.1, 0.15) is 6.04 Å². The first-order chi connectivity index (χ1) is 15.9. The lowest BCUT2D eigenvalue weighted by Gasteiger charge is -2.36. The van der Waals surface area contributed by atoms with Crippen LogP contribution in [0.25, 0.3) is 0 Å². The summed E-state index contributed by atoms with van der Waals surface area (Å²) in [5, 5.41) is 6.08. The number of nitrogens with one attached hydrogen (secondary N) is 1. The van der Waals surface area contributed by atoms with Gasteiger partial charge in [-0.2, -0.15) is 0 Å². The molecule has 1 amide bonds. The van der Waals surface area contributed by atoms with E-state index in [0.29, 0.717) is 17.2 Å². The molecule has 168 valence electrons. The highest BCUT2D eigenvalue weighted by atomic mass is 32.2. The quantitative estimate of drug-likeness (QED) is 0.397. The maximum absolute atomic E-state index is 13.8. The van der Waals surface area contributed by atoms with Crippen LogP contribution < -0.4 is 10.2 Å². The van der Waals surface area contributed by atoms with Gasteiger partial charge in [-0.15, -0.1) is 11.3 Å². The molecule has 0 radical (unpaired) electrons. The van der Waals surface area contributed by atoms with Gasteiger partial charge < -0.3 is 5.32 Å². The highest BCUT2D eigenvalue weighted by Crippen LogP contribution is 2.49. The molecule has 0 saturated heterocycles. The van der Waals surface area contributed by atoms with Crippen LogP contribution in [0.15, 0.2) is 76.7 Å².